The smallest absolute Gasteiger partial charge is 0.308 e. The summed E-state index contributed by atoms with van der Waals surface area (Å²) in [7, 11) is 1.55. The lowest BCUT2D eigenvalue weighted by atomic mass is 9.83. The Morgan fingerprint density at radius 1 is 0.976 bits per heavy atom. The van der Waals surface area contributed by atoms with Gasteiger partial charge in [0.25, 0.3) is 0 Å². The molecule has 4 aromatic rings. The number of rotatable bonds is 6. The van der Waals surface area contributed by atoms with E-state index in [0.717, 1.165) is 23.1 Å². The number of aromatic hydroxyl groups is 1. The maximum atomic E-state index is 13.9. The summed E-state index contributed by atoms with van der Waals surface area (Å²) < 4.78 is 6.50. The van der Waals surface area contributed by atoms with Crippen LogP contribution in [0.3, 0.4) is 0 Å². The highest BCUT2D eigenvalue weighted by Gasteiger charge is 2.56. The maximum Gasteiger partial charge on any atom is 0.308 e. The van der Waals surface area contributed by atoms with Crippen molar-refractivity contribution in [1.82, 2.24) is 4.57 Å². The van der Waals surface area contributed by atoms with Crippen molar-refractivity contribution in [3.63, 3.8) is 0 Å². The molecule has 1 aromatic heterocycles. The van der Waals surface area contributed by atoms with E-state index in [-0.39, 0.29) is 23.1 Å². The molecule has 2 unspecified atom stereocenters. The summed E-state index contributed by atoms with van der Waals surface area (Å²) in [6.45, 7) is -0.271. The molecular weight excluding hydrogens is 586 g/mol. The molecule has 3 heterocycles. The number of methoxy groups -OCH3 is 1. The van der Waals surface area contributed by atoms with Gasteiger partial charge in [0.05, 0.1) is 23.7 Å². The number of halogens is 1. The first-order valence-electron chi connectivity index (χ1n) is 12.5. The second-order valence-electron chi connectivity index (χ2n) is 9.52. The Bertz CT molecular complexity index is 1720. The van der Waals surface area contributed by atoms with Gasteiger partial charge in [-0.2, -0.15) is 0 Å². The normalized spacial score (nSPS) is 19.6. The van der Waals surface area contributed by atoms with Crippen LogP contribution in [0.25, 0.3) is 0 Å². The molecule has 9 nitrogen and oxygen atoms in total. The Morgan fingerprint density at radius 2 is 1.66 bits per heavy atom. The summed E-state index contributed by atoms with van der Waals surface area (Å²) in [5.74, 6) is -1.95. The predicted octanol–water partition coefficient (Wildman–Crippen LogP) is 4.71. The zero-order valence-electron chi connectivity index (χ0n) is 21.4. The van der Waals surface area contributed by atoms with Gasteiger partial charge < -0.3 is 15.2 Å². The fourth-order valence-electron chi connectivity index (χ4n) is 5.16. The van der Waals surface area contributed by atoms with Gasteiger partial charge in [-0.3, -0.25) is 23.7 Å². The van der Waals surface area contributed by atoms with Gasteiger partial charge in [-0.25, -0.2) is 4.90 Å². The highest BCUT2D eigenvalue weighted by molar-refractivity contribution is 8.00. The monoisotopic (exact) mass is 607 g/mol. The highest BCUT2D eigenvalue weighted by atomic mass is 35.5. The van der Waals surface area contributed by atoms with Crippen LogP contribution in [0, 0.1) is 5.92 Å². The van der Waals surface area contributed by atoms with Gasteiger partial charge in [0.15, 0.2) is 0 Å². The van der Waals surface area contributed by atoms with E-state index in [1.54, 1.807) is 67.8 Å². The van der Waals surface area contributed by atoms with Crippen LogP contribution in [-0.4, -0.2) is 39.8 Å². The molecule has 41 heavy (non-hydrogen) atoms. The second-order valence-corrected chi connectivity index (χ2v) is 12.1. The molecule has 0 bridgehead atoms. The third-order valence-electron chi connectivity index (χ3n) is 7.06. The SMILES string of the molecule is COc1ccc(NC(=O)Cn2c3c(sc2=O)[C@@H](c2ccc(O)cc2)C2C(=O)N(c4ccc(Cl)cc4)C(=O)C2S3)cc1. The number of anilines is 2. The Hall–Kier alpha value is -4.06. The highest BCUT2D eigenvalue weighted by Crippen LogP contribution is 2.54. The molecule has 2 N–H and O–H groups in total. The van der Waals surface area contributed by atoms with Crippen LogP contribution in [-0.2, 0) is 20.9 Å². The Balaban J connectivity index is 1.38. The van der Waals surface area contributed by atoms with E-state index in [1.807, 2.05) is 0 Å². The minimum Gasteiger partial charge on any atom is -0.508 e. The fraction of sp³-hybridized carbons (Fsp3) is 0.172. The summed E-state index contributed by atoms with van der Waals surface area (Å²) in [6.07, 6.45) is 0. The Labute approximate surface area is 247 Å². The molecule has 0 spiro atoms. The van der Waals surface area contributed by atoms with Crippen LogP contribution in [0.15, 0.2) is 82.6 Å². The number of hydrogen-bond acceptors (Lipinski definition) is 8. The van der Waals surface area contributed by atoms with Crippen molar-refractivity contribution in [1.29, 1.82) is 0 Å². The van der Waals surface area contributed by atoms with Crippen molar-refractivity contribution < 1.29 is 24.2 Å². The van der Waals surface area contributed by atoms with E-state index < -0.39 is 28.9 Å². The number of imide groups is 1. The van der Waals surface area contributed by atoms with E-state index in [2.05, 4.69) is 5.32 Å². The van der Waals surface area contributed by atoms with Gasteiger partial charge in [-0.15, -0.1) is 0 Å². The standard InChI is InChI=1S/C29H22ClN3O6S2/c1-39-20-12-6-17(7-13-20)31-21(35)14-32-28-25(41-29(32)38)22(15-2-10-19(34)11-3-15)23-24(40-28)27(37)33(26(23)36)18-8-4-16(30)5-9-18/h2-13,22-24,34H,14H2,1H3,(H,31,35)/t22-,23?,24?/m0/s1. The lowest BCUT2D eigenvalue weighted by Crippen LogP contribution is -2.33. The van der Waals surface area contributed by atoms with Crippen molar-refractivity contribution in [3.8, 4) is 11.5 Å². The lowest BCUT2D eigenvalue weighted by molar-refractivity contribution is -0.122. The first-order valence-corrected chi connectivity index (χ1v) is 14.6. The molecule has 0 saturated carbocycles. The zero-order chi connectivity index (χ0) is 28.8. The molecular formula is C29H22ClN3O6S2. The average Bonchev–Trinajstić information content (AvgIpc) is 3.40. The zero-order valence-corrected chi connectivity index (χ0v) is 23.8. The number of amides is 3. The summed E-state index contributed by atoms with van der Waals surface area (Å²) in [6, 6.07) is 19.6. The quantitative estimate of drug-likeness (QED) is 0.305. The van der Waals surface area contributed by atoms with Gasteiger partial charge in [0.2, 0.25) is 17.7 Å². The molecule has 3 amide bonds. The molecule has 1 fully saturated rings. The molecule has 2 aliphatic heterocycles. The summed E-state index contributed by atoms with van der Waals surface area (Å²) in [5, 5.41) is 12.8. The number of phenols is 1. The molecule has 1 saturated heterocycles. The molecule has 12 heteroatoms. The molecule has 3 atom stereocenters. The molecule has 2 aliphatic rings. The van der Waals surface area contributed by atoms with Crippen molar-refractivity contribution >= 4 is 63.8 Å². The first-order chi connectivity index (χ1) is 19.7. The molecule has 3 aromatic carbocycles. The number of benzene rings is 3. The topological polar surface area (TPSA) is 118 Å². The van der Waals surface area contributed by atoms with E-state index in [4.69, 9.17) is 16.3 Å². The molecule has 6 rings (SSSR count). The van der Waals surface area contributed by atoms with Crippen molar-refractivity contribution in [2.45, 2.75) is 22.7 Å². The van der Waals surface area contributed by atoms with E-state index in [1.165, 1.54) is 21.6 Å². The molecule has 0 radical (unpaired) electrons. The summed E-state index contributed by atoms with van der Waals surface area (Å²) in [4.78, 5) is 55.3. The van der Waals surface area contributed by atoms with Crippen LogP contribution in [0.1, 0.15) is 16.4 Å². The fourth-order valence-corrected chi connectivity index (χ4v) is 8.06. The van der Waals surface area contributed by atoms with Crippen LogP contribution >= 0.6 is 34.7 Å². The minimum absolute atomic E-state index is 0.0493. The maximum absolute atomic E-state index is 13.9. The number of ether oxygens (including phenoxy) is 1. The average molecular weight is 608 g/mol. The van der Waals surface area contributed by atoms with Crippen molar-refractivity contribution in [2.24, 2.45) is 5.92 Å². The van der Waals surface area contributed by atoms with Crippen LogP contribution < -0.4 is 19.8 Å². The summed E-state index contributed by atoms with van der Waals surface area (Å²) in [5.41, 5.74) is 1.62. The van der Waals surface area contributed by atoms with Gasteiger partial charge in [-0.05, 0) is 66.2 Å². The van der Waals surface area contributed by atoms with E-state index in [9.17, 15) is 24.3 Å². The number of phenolic OH excluding ortho intramolecular Hbond substituents is 1. The van der Waals surface area contributed by atoms with Gasteiger partial charge in [-0.1, -0.05) is 46.8 Å². The van der Waals surface area contributed by atoms with Gasteiger partial charge in [0, 0.05) is 21.5 Å². The van der Waals surface area contributed by atoms with Crippen LogP contribution in [0.4, 0.5) is 11.4 Å². The number of carbonyl (C=O) groups excluding carboxylic acids is 3. The number of aromatic nitrogens is 1. The van der Waals surface area contributed by atoms with Crippen LogP contribution in [0.2, 0.25) is 5.02 Å². The number of thiazole rings is 1. The van der Waals surface area contributed by atoms with Gasteiger partial charge in [0.1, 0.15) is 23.3 Å². The van der Waals surface area contributed by atoms with E-state index >= 15 is 0 Å². The number of thioether (sulfide) groups is 1. The number of fused-ring (bicyclic) bond motifs is 2. The van der Waals surface area contributed by atoms with Gasteiger partial charge >= 0.3 is 4.87 Å². The lowest BCUT2D eigenvalue weighted by Gasteiger charge is -2.30. The number of carbonyl (C=O) groups is 3. The molecule has 208 valence electrons. The predicted molar refractivity (Wildman–Crippen MR) is 157 cm³/mol. The first kappa shape index (κ1) is 27.1. The number of nitrogens with one attached hydrogen (secondary N) is 1. The Kier molecular flexibility index (Phi) is 7.10. The Morgan fingerprint density at radius 3 is 2.32 bits per heavy atom. The molecule has 0 aliphatic carbocycles. The third-order valence-corrected chi connectivity index (χ3v) is 9.92. The third kappa shape index (κ3) is 4.90. The van der Waals surface area contributed by atoms with Crippen molar-refractivity contribution in [2.75, 3.05) is 17.3 Å². The number of nitrogens with zero attached hydrogens (tertiary/aromatic N) is 2. The van der Waals surface area contributed by atoms with Crippen LogP contribution in [0.5, 0.6) is 11.5 Å². The summed E-state index contributed by atoms with van der Waals surface area (Å²) >= 11 is 8.12. The van der Waals surface area contributed by atoms with E-state index in [0.29, 0.717) is 37.6 Å². The largest absolute Gasteiger partial charge is 0.508 e. The number of hydrogen-bond donors (Lipinski definition) is 2. The van der Waals surface area contributed by atoms with Crippen molar-refractivity contribution in [3.05, 3.63) is 97.9 Å². The minimum atomic E-state index is -0.825. The second kappa shape index (κ2) is 10.7.